The number of likely N-dealkylation sites (tertiary alicyclic amines) is 1. The fraction of sp³-hybridized carbons (Fsp3) is 0.333. The number of nitrogens with zero attached hydrogens (tertiary/aromatic N) is 2. The molecule has 0 spiro atoms. The van der Waals surface area contributed by atoms with E-state index in [0.717, 1.165) is 30.7 Å². The highest BCUT2D eigenvalue weighted by Crippen LogP contribution is 2.33. The lowest BCUT2D eigenvalue weighted by Crippen LogP contribution is -2.35. The number of rotatable bonds is 4. The third-order valence-corrected chi connectivity index (χ3v) is 4.26. The standard InChI is InChI=1S/C18H20N2O3/c1-23-15-7-4-6-14(12-15)16-8-5-11-20(16)18(22)13-19-10-3-2-9-17(19)21/h2-4,6-7,9-10,12,16H,5,8,11,13H2,1H3. The second-order valence-corrected chi connectivity index (χ2v) is 5.69. The molecule has 0 radical (unpaired) electrons. The first kappa shape index (κ1) is 15.3. The molecule has 1 aromatic carbocycles. The SMILES string of the molecule is COc1cccc(C2CCCN2C(=O)Cn2ccccc2=O)c1. The number of ether oxygens (including phenoxy) is 1. The molecular formula is C18H20N2O3. The van der Waals surface area contributed by atoms with Crippen molar-refractivity contribution in [2.45, 2.75) is 25.4 Å². The van der Waals surface area contributed by atoms with E-state index in [-0.39, 0.29) is 24.1 Å². The minimum absolute atomic E-state index is 0.0244. The first-order valence-corrected chi connectivity index (χ1v) is 7.78. The van der Waals surface area contributed by atoms with Crippen molar-refractivity contribution < 1.29 is 9.53 Å². The van der Waals surface area contributed by atoms with Crippen LogP contribution in [0.2, 0.25) is 0 Å². The molecule has 1 aromatic heterocycles. The smallest absolute Gasteiger partial charge is 0.250 e. The van der Waals surface area contributed by atoms with Gasteiger partial charge in [0.1, 0.15) is 12.3 Å². The van der Waals surface area contributed by atoms with Crippen LogP contribution < -0.4 is 10.3 Å². The van der Waals surface area contributed by atoms with Gasteiger partial charge >= 0.3 is 0 Å². The van der Waals surface area contributed by atoms with Crippen LogP contribution in [0, 0.1) is 0 Å². The summed E-state index contributed by atoms with van der Waals surface area (Å²) in [4.78, 5) is 26.3. The van der Waals surface area contributed by atoms with Crippen LogP contribution in [0.1, 0.15) is 24.4 Å². The maximum atomic E-state index is 12.6. The van der Waals surface area contributed by atoms with Crippen LogP contribution in [-0.2, 0) is 11.3 Å². The zero-order chi connectivity index (χ0) is 16.2. The van der Waals surface area contributed by atoms with Gasteiger partial charge in [-0.1, -0.05) is 18.2 Å². The van der Waals surface area contributed by atoms with Crippen LogP contribution >= 0.6 is 0 Å². The van der Waals surface area contributed by atoms with Gasteiger partial charge in [-0.15, -0.1) is 0 Å². The summed E-state index contributed by atoms with van der Waals surface area (Å²) in [6.07, 6.45) is 3.55. The molecule has 0 N–H and O–H groups in total. The van der Waals surface area contributed by atoms with Crippen molar-refractivity contribution in [3.05, 3.63) is 64.6 Å². The van der Waals surface area contributed by atoms with Gasteiger partial charge in [-0.25, -0.2) is 0 Å². The first-order chi connectivity index (χ1) is 11.2. The predicted octanol–water partition coefficient (Wildman–Crippen LogP) is 2.22. The summed E-state index contributed by atoms with van der Waals surface area (Å²) in [5.74, 6) is 0.768. The second-order valence-electron chi connectivity index (χ2n) is 5.69. The number of carbonyl (C=O) groups is 1. The fourth-order valence-electron chi connectivity index (χ4n) is 3.09. The lowest BCUT2D eigenvalue weighted by molar-refractivity contribution is -0.132. The lowest BCUT2D eigenvalue weighted by Gasteiger charge is -2.25. The molecule has 3 rings (SSSR count). The summed E-state index contributed by atoms with van der Waals surface area (Å²) in [5.41, 5.74) is 0.925. The Bertz CT molecular complexity index is 754. The van der Waals surface area contributed by atoms with Crippen molar-refractivity contribution in [3.8, 4) is 5.75 Å². The summed E-state index contributed by atoms with van der Waals surface area (Å²) < 4.78 is 6.72. The van der Waals surface area contributed by atoms with Gasteiger partial charge in [-0.05, 0) is 36.6 Å². The first-order valence-electron chi connectivity index (χ1n) is 7.78. The van der Waals surface area contributed by atoms with Crippen LogP contribution in [0.5, 0.6) is 5.75 Å². The Morgan fingerprint density at radius 1 is 1.26 bits per heavy atom. The van der Waals surface area contributed by atoms with Gasteiger partial charge in [-0.2, -0.15) is 0 Å². The van der Waals surface area contributed by atoms with E-state index in [1.807, 2.05) is 29.2 Å². The molecule has 1 saturated heterocycles. The summed E-state index contributed by atoms with van der Waals surface area (Å²) in [5, 5.41) is 0. The van der Waals surface area contributed by atoms with Crippen LogP contribution in [-0.4, -0.2) is 29.0 Å². The molecule has 2 heterocycles. The van der Waals surface area contributed by atoms with Gasteiger partial charge in [0, 0.05) is 18.8 Å². The quantitative estimate of drug-likeness (QED) is 0.870. The van der Waals surface area contributed by atoms with Crippen molar-refractivity contribution in [1.29, 1.82) is 0 Å². The Hall–Kier alpha value is -2.56. The molecule has 1 unspecified atom stereocenters. The molecule has 1 aliphatic heterocycles. The zero-order valence-electron chi connectivity index (χ0n) is 13.1. The van der Waals surface area contributed by atoms with E-state index < -0.39 is 0 Å². The van der Waals surface area contributed by atoms with Crippen molar-refractivity contribution in [3.63, 3.8) is 0 Å². The highest BCUT2D eigenvalue weighted by Gasteiger charge is 2.30. The van der Waals surface area contributed by atoms with Gasteiger partial charge in [-0.3, -0.25) is 9.59 Å². The Morgan fingerprint density at radius 2 is 2.13 bits per heavy atom. The predicted molar refractivity (Wildman–Crippen MR) is 87.4 cm³/mol. The van der Waals surface area contributed by atoms with Gasteiger partial charge in [0.25, 0.3) is 5.56 Å². The maximum absolute atomic E-state index is 12.6. The number of hydrogen-bond donors (Lipinski definition) is 0. The second kappa shape index (κ2) is 6.69. The molecule has 0 bridgehead atoms. The Kier molecular flexibility index (Phi) is 4.46. The molecule has 5 nitrogen and oxygen atoms in total. The molecule has 1 aliphatic rings. The Labute approximate surface area is 135 Å². The molecule has 1 atom stereocenters. The summed E-state index contributed by atoms with van der Waals surface area (Å²) in [6, 6.07) is 12.8. The van der Waals surface area contributed by atoms with Crippen molar-refractivity contribution in [1.82, 2.24) is 9.47 Å². The van der Waals surface area contributed by atoms with Crippen molar-refractivity contribution >= 4 is 5.91 Å². The fourth-order valence-corrected chi connectivity index (χ4v) is 3.09. The minimum atomic E-state index is -0.155. The number of carbonyl (C=O) groups excluding carboxylic acids is 1. The van der Waals surface area contributed by atoms with Crippen molar-refractivity contribution in [2.24, 2.45) is 0 Å². The van der Waals surface area contributed by atoms with Gasteiger partial charge in [0.05, 0.1) is 13.2 Å². The number of hydrogen-bond acceptors (Lipinski definition) is 3. The molecule has 0 saturated carbocycles. The van der Waals surface area contributed by atoms with Crippen LogP contribution in [0.15, 0.2) is 53.5 Å². The lowest BCUT2D eigenvalue weighted by atomic mass is 10.0. The molecule has 5 heteroatoms. The van der Waals surface area contributed by atoms with E-state index in [0.29, 0.717) is 0 Å². The van der Waals surface area contributed by atoms with E-state index in [2.05, 4.69) is 0 Å². The average molecular weight is 312 g/mol. The highest BCUT2D eigenvalue weighted by atomic mass is 16.5. The topological polar surface area (TPSA) is 51.5 Å². The normalized spacial score (nSPS) is 17.3. The maximum Gasteiger partial charge on any atom is 0.250 e. The summed E-state index contributed by atoms with van der Waals surface area (Å²) in [6.45, 7) is 0.808. The zero-order valence-corrected chi connectivity index (χ0v) is 13.1. The van der Waals surface area contributed by atoms with Crippen LogP contribution in [0.3, 0.4) is 0 Å². The number of pyridine rings is 1. The van der Waals surface area contributed by atoms with Crippen LogP contribution in [0.25, 0.3) is 0 Å². The summed E-state index contributed by atoms with van der Waals surface area (Å²) in [7, 11) is 1.64. The molecule has 23 heavy (non-hydrogen) atoms. The molecule has 1 amide bonds. The number of amides is 1. The third-order valence-electron chi connectivity index (χ3n) is 4.26. The highest BCUT2D eigenvalue weighted by molar-refractivity contribution is 5.77. The minimum Gasteiger partial charge on any atom is -0.497 e. The van der Waals surface area contributed by atoms with Gasteiger partial charge < -0.3 is 14.2 Å². The number of aromatic nitrogens is 1. The largest absolute Gasteiger partial charge is 0.497 e. The van der Waals surface area contributed by atoms with E-state index in [9.17, 15) is 9.59 Å². The van der Waals surface area contributed by atoms with Crippen molar-refractivity contribution in [2.75, 3.05) is 13.7 Å². The van der Waals surface area contributed by atoms with E-state index in [1.165, 1.54) is 10.6 Å². The number of benzene rings is 1. The Morgan fingerprint density at radius 3 is 2.91 bits per heavy atom. The average Bonchev–Trinajstić information content (AvgIpc) is 3.07. The third kappa shape index (κ3) is 3.28. The monoisotopic (exact) mass is 312 g/mol. The van der Waals surface area contributed by atoms with Gasteiger partial charge in [0.2, 0.25) is 5.91 Å². The van der Waals surface area contributed by atoms with E-state index in [1.54, 1.807) is 25.4 Å². The molecule has 1 fully saturated rings. The Balaban J connectivity index is 1.79. The molecule has 120 valence electrons. The number of methoxy groups -OCH3 is 1. The molecular weight excluding hydrogens is 292 g/mol. The van der Waals surface area contributed by atoms with E-state index in [4.69, 9.17) is 4.74 Å². The molecule has 0 aliphatic carbocycles. The molecule has 2 aromatic rings. The van der Waals surface area contributed by atoms with Crippen LogP contribution in [0.4, 0.5) is 0 Å². The van der Waals surface area contributed by atoms with Gasteiger partial charge in [0.15, 0.2) is 0 Å². The summed E-state index contributed by atoms with van der Waals surface area (Å²) >= 11 is 0. The van der Waals surface area contributed by atoms with E-state index >= 15 is 0 Å².